The van der Waals surface area contributed by atoms with E-state index < -0.39 is 0 Å². The lowest BCUT2D eigenvalue weighted by Crippen LogP contribution is -2.11. The number of nitrogens with zero attached hydrogens (tertiary/aromatic N) is 2. The van der Waals surface area contributed by atoms with E-state index in [1.807, 2.05) is 13.1 Å². The van der Waals surface area contributed by atoms with Crippen molar-refractivity contribution in [3.63, 3.8) is 0 Å². The zero-order valence-corrected chi connectivity index (χ0v) is 11.8. The van der Waals surface area contributed by atoms with Crippen LogP contribution < -0.4 is 5.32 Å². The standard InChI is InChI=1S/C15H21N3O/c1-4-13-5-7-14(8-6-13)18-11-12(2)17-15(18)16-9-10-19-3/h5-8,11H,4,9-10H2,1-3H3,(H,16,17). The second-order valence-electron chi connectivity index (χ2n) is 4.52. The lowest BCUT2D eigenvalue weighted by atomic mass is 10.1. The van der Waals surface area contributed by atoms with E-state index in [-0.39, 0.29) is 0 Å². The second-order valence-corrected chi connectivity index (χ2v) is 4.52. The summed E-state index contributed by atoms with van der Waals surface area (Å²) >= 11 is 0. The van der Waals surface area contributed by atoms with Crippen LogP contribution in [-0.2, 0) is 11.2 Å². The summed E-state index contributed by atoms with van der Waals surface area (Å²) in [6.45, 7) is 5.58. The van der Waals surface area contributed by atoms with Crippen LogP contribution in [0, 0.1) is 6.92 Å². The predicted molar refractivity (Wildman–Crippen MR) is 78.0 cm³/mol. The van der Waals surface area contributed by atoms with Crippen molar-refractivity contribution < 1.29 is 4.74 Å². The van der Waals surface area contributed by atoms with Gasteiger partial charge in [0, 0.05) is 25.5 Å². The Bertz CT molecular complexity index is 517. The van der Waals surface area contributed by atoms with Gasteiger partial charge in [-0.25, -0.2) is 4.98 Å². The van der Waals surface area contributed by atoms with Crippen LogP contribution in [0.25, 0.3) is 5.69 Å². The fourth-order valence-corrected chi connectivity index (χ4v) is 1.98. The zero-order valence-electron chi connectivity index (χ0n) is 11.8. The molecule has 0 aliphatic heterocycles. The molecule has 19 heavy (non-hydrogen) atoms. The number of imidazole rings is 1. The van der Waals surface area contributed by atoms with Crippen molar-refractivity contribution in [1.29, 1.82) is 0 Å². The number of aromatic nitrogens is 2. The van der Waals surface area contributed by atoms with Crippen molar-refractivity contribution in [1.82, 2.24) is 9.55 Å². The van der Waals surface area contributed by atoms with Gasteiger partial charge in [-0.1, -0.05) is 19.1 Å². The van der Waals surface area contributed by atoms with E-state index >= 15 is 0 Å². The van der Waals surface area contributed by atoms with Crippen LogP contribution in [0.1, 0.15) is 18.2 Å². The molecule has 4 heteroatoms. The highest BCUT2D eigenvalue weighted by Gasteiger charge is 2.06. The Morgan fingerprint density at radius 1 is 1.26 bits per heavy atom. The molecule has 0 fully saturated rings. The molecule has 4 nitrogen and oxygen atoms in total. The van der Waals surface area contributed by atoms with E-state index in [2.05, 4.69) is 46.1 Å². The molecule has 0 radical (unpaired) electrons. The lowest BCUT2D eigenvalue weighted by molar-refractivity contribution is 0.210. The minimum absolute atomic E-state index is 0.667. The van der Waals surface area contributed by atoms with E-state index in [1.54, 1.807) is 7.11 Å². The zero-order chi connectivity index (χ0) is 13.7. The Labute approximate surface area is 114 Å². The maximum atomic E-state index is 5.05. The monoisotopic (exact) mass is 259 g/mol. The molecule has 1 aromatic carbocycles. The average Bonchev–Trinajstić information content (AvgIpc) is 2.80. The van der Waals surface area contributed by atoms with Gasteiger partial charge < -0.3 is 10.1 Å². The van der Waals surface area contributed by atoms with Crippen LogP contribution in [0.4, 0.5) is 5.95 Å². The Hall–Kier alpha value is -1.81. The van der Waals surface area contributed by atoms with Gasteiger partial charge >= 0.3 is 0 Å². The highest BCUT2D eigenvalue weighted by molar-refractivity contribution is 5.44. The molecule has 0 aliphatic carbocycles. The van der Waals surface area contributed by atoms with E-state index in [9.17, 15) is 0 Å². The predicted octanol–water partition coefficient (Wildman–Crippen LogP) is 2.80. The first-order valence-electron chi connectivity index (χ1n) is 6.62. The Morgan fingerprint density at radius 3 is 2.63 bits per heavy atom. The van der Waals surface area contributed by atoms with Crippen LogP contribution in [0.3, 0.4) is 0 Å². The number of anilines is 1. The number of ether oxygens (including phenoxy) is 1. The highest BCUT2D eigenvalue weighted by atomic mass is 16.5. The molecule has 0 saturated carbocycles. The summed E-state index contributed by atoms with van der Waals surface area (Å²) in [5.74, 6) is 0.860. The first kappa shape index (κ1) is 13.6. The minimum Gasteiger partial charge on any atom is -0.383 e. The van der Waals surface area contributed by atoms with Gasteiger partial charge in [-0.3, -0.25) is 4.57 Å². The summed E-state index contributed by atoms with van der Waals surface area (Å²) in [7, 11) is 1.70. The topological polar surface area (TPSA) is 39.1 Å². The molecule has 2 rings (SSSR count). The number of benzene rings is 1. The fraction of sp³-hybridized carbons (Fsp3) is 0.400. The van der Waals surface area contributed by atoms with Crippen molar-refractivity contribution in [2.45, 2.75) is 20.3 Å². The van der Waals surface area contributed by atoms with Gasteiger partial charge in [0.1, 0.15) is 0 Å². The van der Waals surface area contributed by atoms with Crippen molar-refractivity contribution in [3.8, 4) is 5.69 Å². The number of rotatable bonds is 6. The molecule has 0 aliphatic rings. The highest BCUT2D eigenvalue weighted by Crippen LogP contribution is 2.17. The molecule has 1 N–H and O–H groups in total. The van der Waals surface area contributed by atoms with Crippen LogP contribution in [-0.4, -0.2) is 29.8 Å². The van der Waals surface area contributed by atoms with Crippen molar-refractivity contribution in [2.75, 3.05) is 25.6 Å². The van der Waals surface area contributed by atoms with Crippen molar-refractivity contribution in [3.05, 3.63) is 41.7 Å². The van der Waals surface area contributed by atoms with E-state index in [1.165, 1.54) is 5.56 Å². The molecular weight excluding hydrogens is 238 g/mol. The summed E-state index contributed by atoms with van der Waals surface area (Å²) in [4.78, 5) is 4.50. The van der Waals surface area contributed by atoms with Gasteiger partial charge in [0.05, 0.1) is 12.3 Å². The number of nitrogens with one attached hydrogen (secondary N) is 1. The largest absolute Gasteiger partial charge is 0.383 e. The SMILES string of the molecule is CCc1ccc(-n2cc(C)nc2NCCOC)cc1. The molecule has 0 bridgehead atoms. The molecule has 2 aromatic rings. The number of hydrogen-bond donors (Lipinski definition) is 1. The van der Waals surface area contributed by atoms with E-state index in [0.29, 0.717) is 6.61 Å². The summed E-state index contributed by atoms with van der Waals surface area (Å²) < 4.78 is 7.12. The molecule has 0 amide bonds. The molecule has 1 heterocycles. The maximum absolute atomic E-state index is 5.05. The molecule has 0 unspecified atom stereocenters. The Balaban J connectivity index is 2.22. The molecule has 0 atom stereocenters. The van der Waals surface area contributed by atoms with Crippen molar-refractivity contribution >= 4 is 5.95 Å². The number of hydrogen-bond acceptors (Lipinski definition) is 3. The smallest absolute Gasteiger partial charge is 0.207 e. The van der Waals surface area contributed by atoms with Gasteiger partial charge in [-0.2, -0.15) is 0 Å². The first-order valence-corrected chi connectivity index (χ1v) is 6.62. The van der Waals surface area contributed by atoms with Crippen molar-refractivity contribution in [2.24, 2.45) is 0 Å². The van der Waals surface area contributed by atoms with Gasteiger partial charge in [0.2, 0.25) is 5.95 Å². The molecule has 0 saturated heterocycles. The Kier molecular flexibility index (Phi) is 4.58. The van der Waals surface area contributed by atoms with Gasteiger partial charge in [0.25, 0.3) is 0 Å². The van der Waals surface area contributed by atoms with Crippen LogP contribution in [0.15, 0.2) is 30.5 Å². The maximum Gasteiger partial charge on any atom is 0.207 e. The molecule has 0 spiro atoms. The summed E-state index contributed by atoms with van der Waals surface area (Å²) in [5.41, 5.74) is 3.46. The van der Waals surface area contributed by atoms with Crippen LogP contribution in [0.5, 0.6) is 0 Å². The number of methoxy groups -OCH3 is 1. The second kappa shape index (κ2) is 6.38. The van der Waals surface area contributed by atoms with Gasteiger partial charge in [-0.15, -0.1) is 0 Å². The molecule has 1 aromatic heterocycles. The third-order valence-corrected chi connectivity index (χ3v) is 3.04. The summed E-state index contributed by atoms with van der Waals surface area (Å²) in [5, 5.41) is 3.29. The van der Waals surface area contributed by atoms with Crippen LogP contribution in [0.2, 0.25) is 0 Å². The summed E-state index contributed by atoms with van der Waals surface area (Å²) in [6.07, 6.45) is 3.10. The third kappa shape index (κ3) is 3.35. The van der Waals surface area contributed by atoms with Gasteiger partial charge in [0.15, 0.2) is 0 Å². The average molecular weight is 259 g/mol. The number of aryl methyl sites for hydroxylation is 2. The normalized spacial score (nSPS) is 10.7. The quantitative estimate of drug-likeness (QED) is 0.811. The van der Waals surface area contributed by atoms with Gasteiger partial charge in [-0.05, 0) is 31.0 Å². The van der Waals surface area contributed by atoms with E-state index in [4.69, 9.17) is 4.74 Å². The first-order chi connectivity index (χ1) is 9.24. The van der Waals surface area contributed by atoms with Crippen LogP contribution >= 0.6 is 0 Å². The summed E-state index contributed by atoms with van der Waals surface area (Å²) in [6, 6.07) is 8.57. The molecule has 102 valence electrons. The third-order valence-electron chi connectivity index (χ3n) is 3.04. The Morgan fingerprint density at radius 2 is 2.00 bits per heavy atom. The van der Waals surface area contributed by atoms with E-state index in [0.717, 1.165) is 30.3 Å². The molecular formula is C15H21N3O. The minimum atomic E-state index is 0.667. The fourth-order valence-electron chi connectivity index (χ4n) is 1.98. The lowest BCUT2D eigenvalue weighted by Gasteiger charge is -2.10.